The minimum absolute atomic E-state index is 0.0358. The highest BCUT2D eigenvalue weighted by Crippen LogP contribution is 2.61. The van der Waals surface area contributed by atoms with Crippen molar-refractivity contribution in [2.45, 2.75) is 55.8 Å². The highest BCUT2D eigenvalue weighted by atomic mass is 35.5. The molecular weight excluding hydrogens is 564 g/mol. The summed E-state index contributed by atoms with van der Waals surface area (Å²) in [4.78, 5) is 28.8. The zero-order valence-corrected chi connectivity index (χ0v) is 24.0. The molecule has 5 atom stereocenters. The zero-order chi connectivity index (χ0) is 28.5. The second-order valence-electron chi connectivity index (χ2n) is 11.5. The maximum atomic E-state index is 15.9. The van der Waals surface area contributed by atoms with E-state index in [0.717, 1.165) is 36.9 Å². The Morgan fingerprint density at radius 2 is 1.90 bits per heavy atom. The number of anilines is 1. The van der Waals surface area contributed by atoms with Crippen LogP contribution in [0, 0.1) is 11.7 Å². The van der Waals surface area contributed by atoms with Crippen LogP contribution < -0.4 is 10.6 Å². The maximum Gasteiger partial charge on any atom is 0.338 e. The van der Waals surface area contributed by atoms with Gasteiger partial charge < -0.3 is 15.4 Å². The summed E-state index contributed by atoms with van der Waals surface area (Å²) in [5.41, 5.74) is 2.33. The first-order valence-corrected chi connectivity index (χ1v) is 14.9. The van der Waals surface area contributed by atoms with Crippen LogP contribution in [0.1, 0.15) is 65.2 Å². The molecule has 3 heterocycles. The van der Waals surface area contributed by atoms with Crippen molar-refractivity contribution in [1.82, 2.24) is 10.2 Å². The number of likely N-dealkylation sites (tertiary alicyclic amines) is 1. The van der Waals surface area contributed by atoms with Gasteiger partial charge in [0.25, 0.3) is 0 Å². The largest absolute Gasteiger partial charge is 0.462 e. The topological polar surface area (TPSA) is 70.7 Å². The van der Waals surface area contributed by atoms with Gasteiger partial charge in [-0.05, 0) is 73.6 Å². The number of carbonyl (C=O) groups excluding carboxylic acids is 2. The first-order valence-electron chi connectivity index (χ1n) is 14.2. The Morgan fingerprint density at radius 1 is 1.12 bits per heavy atom. The minimum atomic E-state index is -1.12. The Morgan fingerprint density at radius 3 is 2.63 bits per heavy atom. The smallest absolute Gasteiger partial charge is 0.338 e. The van der Waals surface area contributed by atoms with Crippen LogP contribution in [0.5, 0.6) is 0 Å². The third-order valence-electron chi connectivity index (χ3n) is 9.23. The Hall–Kier alpha value is -2.97. The molecule has 4 aliphatic rings. The molecule has 2 saturated heterocycles. The lowest BCUT2D eigenvalue weighted by Crippen LogP contribution is -2.53. The molecule has 3 aromatic carbocycles. The fourth-order valence-electron chi connectivity index (χ4n) is 7.36. The average molecular weight is 595 g/mol. The van der Waals surface area contributed by atoms with Crippen molar-refractivity contribution in [3.05, 3.63) is 98.8 Å². The second-order valence-corrected chi connectivity index (χ2v) is 12.4. The lowest BCUT2D eigenvalue weighted by Gasteiger charge is -2.41. The molecule has 41 heavy (non-hydrogen) atoms. The van der Waals surface area contributed by atoms with Crippen molar-refractivity contribution in [3.8, 4) is 0 Å². The zero-order valence-electron chi connectivity index (χ0n) is 22.5. The quantitative estimate of drug-likeness (QED) is 0.322. The molecule has 3 aromatic rings. The fourth-order valence-corrected chi connectivity index (χ4v) is 7.71. The molecule has 1 aliphatic carbocycles. The van der Waals surface area contributed by atoms with Crippen LogP contribution in [0.15, 0.2) is 60.7 Å². The van der Waals surface area contributed by atoms with Gasteiger partial charge in [-0.15, -0.1) is 0 Å². The van der Waals surface area contributed by atoms with Gasteiger partial charge in [0.1, 0.15) is 11.4 Å². The van der Waals surface area contributed by atoms with Gasteiger partial charge in [-0.3, -0.25) is 9.69 Å². The SMILES string of the molecule is CCOC(=O)c1ccc([C@@H]2C[C@H]3[C@@H](N2)[C@H](c2cccc(Cl)c2F)[C@]2(C(=O)Nc4cc(Cl)ccc42)N3CC2CC2)cc1. The van der Waals surface area contributed by atoms with Crippen LogP contribution in [-0.4, -0.2) is 42.0 Å². The maximum absolute atomic E-state index is 15.9. The fraction of sp³-hybridized carbons (Fsp3) is 0.375. The molecule has 0 radical (unpaired) electrons. The normalized spacial score (nSPS) is 28.5. The molecule has 0 aromatic heterocycles. The summed E-state index contributed by atoms with van der Waals surface area (Å²) in [5, 5.41) is 7.46. The number of amides is 1. The van der Waals surface area contributed by atoms with Crippen LogP contribution in [0.3, 0.4) is 0 Å². The van der Waals surface area contributed by atoms with Gasteiger partial charge in [-0.2, -0.15) is 0 Å². The van der Waals surface area contributed by atoms with E-state index in [-0.39, 0.29) is 35.0 Å². The number of rotatable bonds is 6. The highest BCUT2D eigenvalue weighted by molar-refractivity contribution is 6.31. The van der Waals surface area contributed by atoms with Gasteiger partial charge in [0, 0.05) is 46.9 Å². The van der Waals surface area contributed by atoms with Crippen molar-refractivity contribution in [3.63, 3.8) is 0 Å². The predicted octanol–water partition coefficient (Wildman–Crippen LogP) is 6.44. The summed E-state index contributed by atoms with van der Waals surface area (Å²) in [5.74, 6) is -1.06. The van der Waals surface area contributed by atoms with E-state index in [4.69, 9.17) is 27.9 Å². The van der Waals surface area contributed by atoms with E-state index in [0.29, 0.717) is 34.4 Å². The third kappa shape index (κ3) is 4.20. The van der Waals surface area contributed by atoms with Gasteiger partial charge >= 0.3 is 5.97 Å². The first kappa shape index (κ1) is 26.9. The molecule has 212 valence electrons. The molecule has 1 spiro atoms. The van der Waals surface area contributed by atoms with E-state index >= 15 is 4.39 Å². The predicted molar refractivity (Wildman–Crippen MR) is 156 cm³/mol. The van der Waals surface area contributed by atoms with Crippen molar-refractivity contribution in [1.29, 1.82) is 0 Å². The molecule has 7 rings (SSSR count). The van der Waals surface area contributed by atoms with Crippen molar-refractivity contribution in [2.24, 2.45) is 5.92 Å². The molecule has 3 fully saturated rings. The lowest BCUT2D eigenvalue weighted by atomic mass is 9.73. The molecule has 1 saturated carbocycles. The van der Waals surface area contributed by atoms with Crippen LogP contribution in [0.25, 0.3) is 0 Å². The van der Waals surface area contributed by atoms with Gasteiger partial charge in [-0.25, -0.2) is 9.18 Å². The number of carbonyl (C=O) groups is 2. The van der Waals surface area contributed by atoms with Crippen molar-refractivity contribution < 1.29 is 18.7 Å². The molecule has 1 amide bonds. The summed E-state index contributed by atoms with van der Waals surface area (Å²) in [6.07, 6.45) is 2.95. The van der Waals surface area contributed by atoms with Crippen molar-refractivity contribution in [2.75, 3.05) is 18.5 Å². The molecular formula is C32H30Cl2FN3O3. The summed E-state index contributed by atoms with van der Waals surface area (Å²) >= 11 is 12.7. The van der Waals surface area contributed by atoms with E-state index in [9.17, 15) is 9.59 Å². The first-order chi connectivity index (χ1) is 19.8. The summed E-state index contributed by atoms with van der Waals surface area (Å²) < 4.78 is 21.1. The number of hydrogen-bond donors (Lipinski definition) is 2. The summed E-state index contributed by atoms with van der Waals surface area (Å²) in [6, 6.07) is 17.7. The number of esters is 1. The van der Waals surface area contributed by atoms with Gasteiger partial charge in [0.2, 0.25) is 5.91 Å². The number of benzene rings is 3. The molecule has 2 N–H and O–H groups in total. The highest BCUT2D eigenvalue weighted by Gasteiger charge is 2.69. The minimum Gasteiger partial charge on any atom is -0.462 e. The molecule has 9 heteroatoms. The number of halogens is 3. The van der Waals surface area contributed by atoms with E-state index in [1.54, 1.807) is 49.4 Å². The van der Waals surface area contributed by atoms with E-state index in [1.807, 2.05) is 18.2 Å². The van der Waals surface area contributed by atoms with Gasteiger partial charge in [0.15, 0.2) is 0 Å². The van der Waals surface area contributed by atoms with Crippen LogP contribution >= 0.6 is 23.2 Å². The Bertz CT molecular complexity index is 1550. The van der Waals surface area contributed by atoms with E-state index < -0.39 is 17.3 Å². The number of nitrogens with one attached hydrogen (secondary N) is 2. The van der Waals surface area contributed by atoms with E-state index in [1.165, 1.54) is 0 Å². The third-order valence-corrected chi connectivity index (χ3v) is 9.75. The number of fused-ring (bicyclic) bond motifs is 3. The van der Waals surface area contributed by atoms with Crippen LogP contribution in [0.2, 0.25) is 10.0 Å². The van der Waals surface area contributed by atoms with E-state index in [2.05, 4.69) is 15.5 Å². The Balaban J connectivity index is 1.35. The summed E-state index contributed by atoms with van der Waals surface area (Å²) in [6.45, 7) is 2.84. The average Bonchev–Trinajstić information content (AvgIpc) is 3.53. The van der Waals surface area contributed by atoms with Crippen molar-refractivity contribution >= 4 is 40.8 Å². The number of hydrogen-bond acceptors (Lipinski definition) is 5. The standard InChI is InChI=1S/C32H30Cl2FN3O3/c1-2-41-30(39)19-10-8-18(9-11-19)24-15-26-29(36-24)27(21-4-3-5-23(34)28(21)35)32(38(26)16-17-6-7-17)22-13-12-20(33)14-25(22)37-31(32)40/h3-5,8-14,17,24,26-27,29,36H,2,6-7,15-16H2,1H3,(H,37,40)/t24-,26-,27-,29+,32+/m0/s1. The van der Waals surface area contributed by atoms with Gasteiger partial charge in [-0.1, -0.05) is 53.5 Å². The number of ether oxygens (including phenoxy) is 1. The molecule has 6 nitrogen and oxygen atoms in total. The lowest BCUT2D eigenvalue weighted by molar-refractivity contribution is -0.128. The molecule has 3 aliphatic heterocycles. The summed E-state index contributed by atoms with van der Waals surface area (Å²) in [7, 11) is 0. The van der Waals surface area contributed by atoms with Gasteiger partial charge in [0.05, 0.1) is 17.2 Å². The Kier molecular flexibility index (Phi) is 6.62. The van der Waals surface area contributed by atoms with Crippen LogP contribution in [-0.2, 0) is 15.1 Å². The second kappa shape index (κ2) is 10.1. The number of nitrogens with zero attached hydrogens (tertiary/aromatic N) is 1. The monoisotopic (exact) mass is 593 g/mol. The molecule has 0 bridgehead atoms. The Labute approximate surface area is 248 Å². The molecule has 0 unspecified atom stereocenters. The van der Waals surface area contributed by atoms with Crippen LogP contribution in [0.4, 0.5) is 10.1 Å².